The van der Waals surface area contributed by atoms with E-state index in [0.717, 1.165) is 21.3 Å². The zero-order valence-corrected chi connectivity index (χ0v) is 17.5. The number of ether oxygens (including phenoxy) is 3. The first-order valence-electron chi connectivity index (χ1n) is 9.58. The Morgan fingerprint density at radius 2 is 1.87 bits per heavy atom. The van der Waals surface area contributed by atoms with Crippen molar-refractivity contribution in [3.05, 3.63) is 71.6 Å². The minimum atomic E-state index is -0.408. The molecule has 4 aromatic rings. The number of hydrogen-bond donors (Lipinski definition) is 0. The lowest BCUT2D eigenvalue weighted by Crippen LogP contribution is -2.07. The number of rotatable bonds is 8. The van der Waals surface area contributed by atoms with Gasteiger partial charge in [-0.2, -0.15) is 0 Å². The first-order chi connectivity index (χ1) is 15.2. The monoisotopic (exact) mass is 438 g/mol. The summed E-state index contributed by atoms with van der Waals surface area (Å²) in [4.78, 5) is 21.0. The lowest BCUT2D eigenvalue weighted by Gasteiger charge is -2.09. The van der Waals surface area contributed by atoms with E-state index in [-0.39, 0.29) is 5.82 Å². The molecule has 2 aromatic carbocycles. The van der Waals surface area contributed by atoms with E-state index >= 15 is 0 Å². The Balaban J connectivity index is 1.39. The number of benzene rings is 2. The lowest BCUT2D eigenvalue weighted by atomic mass is 10.1. The van der Waals surface area contributed by atoms with E-state index in [4.69, 9.17) is 14.2 Å². The minimum Gasteiger partial charge on any atom is -0.493 e. The average molecular weight is 438 g/mol. The number of aromatic nitrogens is 2. The van der Waals surface area contributed by atoms with E-state index in [0.29, 0.717) is 36.8 Å². The normalized spacial score (nSPS) is 10.8. The van der Waals surface area contributed by atoms with Crippen LogP contribution in [0.2, 0.25) is 0 Å². The van der Waals surface area contributed by atoms with Crippen LogP contribution >= 0.6 is 11.3 Å². The Labute approximate surface area is 182 Å². The van der Waals surface area contributed by atoms with Gasteiger partial charge in [0.2, 0.25) is 5.88 Å². The van der Waals surface area contributed by atoms with E-state index in [1.165, 1.54) is 36.9 Å². The second kappa shape index (κ2) is 9.53. The van der Waals surface area contributed by atoms with Crippen LogP contribution in [0.15, 0.2) is 60.2 Å². The third-order valence-corrected chi connectivity index (χ3v) is 5.43. The molecule has 0 aliphatic heterocycles. The summed E-state index contributed by atoms with van der Waals surface area (Å²) in [6.07, 6.45) is 2.08. The molecule has 8 heteroatoms. The summed E-state index contributed by atoms with van der Waals surface area (Å²) in [5, 5.41) is 2.78. The molecular formula is C23H19FN2O4S. The molecule has 0 spiro atoms. The molecule has 158 valence electrons. The molecule has 2 heterocycles. The van der Waals surface area contributed by atoms with E-state index in [2.05, 4.69) is 9.97 Å². The number of fused-ring (bicyclic) bond motifs is 1. The van der Waals surface area contributed by atoms with Gasteiger partial charge in [0.1, 0.15) is 22.7 Å². The number of nitrogens with zero attached hydrogens (tertiary/aromatic N) is 2. The van der Waals surface area contributed by atoms with Crippen molar-refractivity contribution in [3.8, 4) is 22.8 Å². The van der Waals surface area contributed by atoms with Crippen LogP contribution in [-0.2, 0) is 4.74 Å². The van der Waals surface area contributed by atoms with E-state index < -0.39 is 5.97 Å². The highest BCUT2D eigenvalue weighted by Gasteiger charge is 2.14. The van der Waals surface area contributed by atoms with Gasteiger partial charge < -0.3 is 14.2 Å². The van der Waals surface area contributed by atoms with E-state index in [1.54, 1.807) is 36.4 Å². The van der Waals surface area contributed by atoms with Gasteiger partial charge in [0, 0.05) is 17.4 Å². The smallest absolute Gasteiger partial charge is 0.337 e. The van der Waals surface area contributed by atoms with Crippen LogP contribution in [0.25, 0.3) is 21.3 Å². The summed E-state index contributed by atoms with van der Waals surface area (Å²) in [7, 11) is 1.34. The highest BCUT2D eigenvalue weighted by atomic mass is 32.1. The van der Waals surface area contributed by atoms with E-state index in [1.807, 2.05) is 5.38 Å². The molecule has 2 aromatic heterocycles. The molecule has 0 radical (unpaired) electrons. The number of thiophene rings is 1. The van der Waals surface area contributed by atoms with Crippen molar-refractivity contribution in [1.82, 2.24) is 9.97 Å². The molecule has 0 atom stereocenters. The first kappa shape index (κ1) is 20.7. The number of methoxy groups -OCH3 is 1. The third kappa shape index (κ3) is 4.80. The fourth-order valence-corrected chi connectivity index (χ4v) is 3.95. The second-order valence-electron chi connectivity index (χ2n) is 6.59. The quantitative estimate of drug-likeness (QED) is 0.281. The Kier molecular flexibility index (Phi) is 6.37. The van der Waals surface area contributed by atoms with Crippen LogP contribution < -0.4 is 9.47 Å². The minimum absolute atomic E-state index is 0.284. The van der Waals surface area contributed by atoms with Crippen molar-refractivity contribution in [2.24, 2.45) is 0 Å². The predicted octanol–water partition coefficient (Wildman–Crippen LogP) is 5.13. The van der Waals surface area contributed by atoms with Gasteiger partial charge in [-0.15, -0.1) is 11.3 Å². The molecule has 0 N–H and O–H groups in total. The maximum absolute atomic E-state index is 13.3. The molecule has 0 saturated heterocycles. The van der Waals surface area contributed by atoms with Gasteiger partial charge in [-0.3, -0.25) is 0 Å². The fraction of sp³-hybridized carbons (Fsp3) is 0.174. The molecule has 6 nitrogen and oxygen atoms in total. The Bertz CT molecular complexity index is 1190. The SMILES string of the molecule is COC(=O)c1cccc(OCCCOc2ncnc3scc(-c4ccc(F)cc4)c23)c1. The lowest BCUT2D eigenvalue weighted by molar-refractivity contribution is 0.0600. The zero-order valence-electron chi connectivity index (χ0n) is 16.7. The van der Waals surface area contributed by atoms with Crippen molar-refractivity contribution in [3.63, 3.8) is 0 Å². The van der Waals surface area contributed by atoms with Gasteiger partial charge in [0.25, 0.3) is 0 Å². The summed E-state index contributed by atoms with van der Waals surface area (Å²) in [6, 6.07) is 13.1. The summed E-state index contributed by atoms with van der Waals surface area (Å²) in [6.45, 7) is 0.800. The number of halogens is 1. The van der Waals surface area contributed by atoms with E-state index in [9.17, 15) is 9.18 Å². The molecular weight excluding hydrogens is 419 g/mol. The summed E-state index contributed by atoms with van der Waals surface area (Å²) in [5.74, 6) is 0.379. The van der Waals surface area contributed by atoms with Crippen LogP contribution in [0.3, 0.4) is 0 Å². The van der Waals surface area contributed by atoms with Gasteiger partial charge in [0.15, 0.2) is 0 Å². The topological polar surface area (TPSA) is 70.5 Å². The fourth-order valence-electron chi connectivity index (χ4n) is 3.05. The third-order valence-electron chi connectivity index (χ3n) is 4.54. The van der Waals surface area contributed by atoms with Crippen molar-refractivity contribution < 1.29 is 23.4 Å². The molecule has 0 unspecified atom stereocenters. The maximum Gasteiger partial charge on any atom is 0.337 e. The molecule has 0 saturated carbocycles. The molecule has 0 aliphatic carbocycles. The van der Waals surface area contributed by atoms with Crippen molar-refractivity contribution in [2.75, 3.05) is 20.3 Å². The number of carbonyl (C=O) groups is 1. The Morgan fingerprint density at radius 3 is 2.68 bits per heavy atom. The zero-order chi connectivity index (χ0) is 21.6. The molecule has 0 fully saturated rings. The largest absolute Gasteiger partial charge is 0.493 e. The number of esters is 1. The van der Waals surface area contributed by atoms with Gasteiger partial charge in [0.05, 0.1) is 31.3 Å². The van der Waals surface area contributed by atoms with Crippen LogP contribution in [0, 0.1) is 5.82 Å². The van der Waals surface area contributed by atoms with Crippen LogP contribution in [0.4, 0.5) is 4.39 Å². The van der Waals surface area contributed by atoms with Gasteiger partial charge >= 0.3 is 5.97 Å². The molecule has 31 heavy (non-hydrogen) atoms. The van der Waals surface area contributed by atoms with Gasteiger partial charge in [-0.05, 0) is 35.9 Å². The first-order valence-corrected chi connectivity index (χ1v) is 10.5. The van der Waals surface area contributed by atoms with Crippen molar-refractivity contribution in [2.45, 2.75) is 6.42 Å². The van der Waals surface area contributed by atoms with Crippen molar-refractivity contribution in [1.29, 1.82) is 0 Å². The Hall–Kier alpha value is -3.52. The second-order valence-corrected chi connectivity index (χ2v) is 7.44. The molecule has 0 bridgehead atoms. The Morgan fingerprint density at radius 1 is 1.06 bits per heavy atom. The number of hydrogen-bond acceptors (Lipinski definition) is 7. The number of carbonyl (C=O) groups excluding carboxylic acids is 1. The highest BCUT2D eigenvalue weighted by Crippen LogP contribution is 2.37. The van der Waals surface area contributed by atoms with Gasteiger partial charge in [-0.1, -0.05) is 18.2 Å². The van der Waals surface area contributed by atoms with Crippen LogP contribution in [-0.4, -0.2) is 36.3 Å². The highest BCUT2D eigenvalue weighted by molar-refractivity contribution is 7.17. The standard InChI is InChI=1S/C23H19FN2O4S/c1-28-23(27)16-4-2-5-18(12-16)29-10-3-11-30-21-20-19(13-31-22(20)26-14-25-21)15-6-8-17(24)9-7-15/h2,4-9,12-14H,3,10-11H2,1H3. The molecule has 4 rings (SSSR count). The van der Waals surface area contributed by atoms with Gasteiger partial charge in [-0.25, -0.2) is 19.2 Å². The summed E-state index contributed by atoms with van der Waals surface area (Å²) < 4.78 is 29.6. The maximum atomic E-state index is 13.3. The summed E-state index contributed by atoms with van der Waals surface area (Å²) in [5.41, 5.74) is 2.22. The van der Waals surface area contributed by atoms with Crippen molar-refractivity contribution >= 4 is 27.5 Å². The van der Waals surface area contributed by atoms with Crippen LogP contribution in [0.5, 0.6) is 11.6 Å². The van der Waals surface area contributed by atoms with Crippen LogP contribution in [0.1, 0.15) is 16.8 Å². The molecule has 0 amide bonds. The summed E-state index contributed by atoms with van der Waals surface area (Å²) >= 11 is 1.49. The average Bonchev–Trinajstić information content (AvgIpc) is 3.24. The molecule has 0 aliphatic rings. The predicted molar refractivity (Wildman–Crippen MR) is 116 cm³/mol.